The summed E-state index contributed by atoms with van der Waals surface area (Å²) in [5, 5.41) is 0. The molecule has 1 rings (SSSR count). The maximum absolute atomic E-state index is 5.52. The molecule has 1 aromatic rings. The molecule has 0 aromatic heterocycles. The Morgan fingerprint density at radius 3 is 2.83 bits per heavy atom. The lowest BCUT2D eigenvalue weighted by atomic mass is 10.1. The highest BCUT2D eigenvalue weighted by molar-refractivity contribution is 5.81. The Labute approximate surface area is 73.1 Å². The van der Waals surface area contributed by atoms with Crippen LogP contribution < -0.4 is 5.73 Å². The molecule has 0 amide bonds. The summed E-state index contributed by atoms with van der Waals surface area (Å²) >= 11 is 0. The third-order valence-electron chi connectivity index (χ3n) is 1.85. The third-order valence-corrected chi connectivity index (χ3v) is 1.85. The number of hydrogen-bond donors (Lipinski definition) is 1. The second-order valence-corrected chi connectivity index (χ2v) is 2.78. The summed E-state index contributed by atoms with van der Waals surface area (Å²) in [5.41, 5.74) is 9.06. The number of nitrogens with two attached hydrogens (primary N) is 1. The van der Waals surface area contributed by atoms with Crippen molar-refractivity contribution >= 4 is 6.21 Å². The van der Waals surface area contributed by atoms with Gasteiger partial charge in [-0.05, 0) is 29.7 Å². The minimum atomic E-state index is 0.588. The molecule has 0 fully saturated rings. The summed E-state index contributed by atoms with van der Waals surface area (Å²) in [5.74, 6) is 0. The standard InChI is InChI=1S/C10H14N2/c1-8-3-4-9(6-11)5-10(8)7-12-2/h3-5,7H,6,11H2,1-2H3. The molecule has 2 heteroatoms. The number of aryl methyl sites for hydroxylation is 1. The summed E-state index contributed by atoms with van der Waals surface area (Å²) in [7, 11) is 1.77. The van der Waals surface area contributed by atoms with Crippen molar-refractivity contribution in [2.75, 3.05) is 7.05 Å². The summed E-state index contributed by atoms with van der Waals surface area (Å²) in [4.78, 5) is 3.98. The average molecular weight is 162 g/mol. The topological polar surface area (TPSA) is 38.4 Å². The molecule has 0 radical (unpaired) electrons. The second-order valence-electron chi connectivity index (χ2n) is 2.78. The van der Waals surface area contributed by atoms with Crippen molar-refractivity contribution < 1.29 is 0 Å². The van der Waals surface area contributed by atoms with Gasteiger partial charge in [-0.3, -0.25) is 4.99 Å². The lowest BCUT2D eigenvalue weighted by molar-refractivity contribution is 1.07. The van der Waals surface area contributed by atoms with E-state index in [-0.39, 0.29) is 0 Å². The molecule has 0 atom stereocenters. The Hall–Kier alpha value is -1.15. The Kier molecular flexibility index (Phi) is 3.00. The van der Waals surface area contributed by atoms with Crippen LogP contribution in [0.15, 0.2) is 23.2 Å². The van der Waals surface area contributed by atoms with Crippen LogP contribution in [-0.2, 0) is 6.54 Å². The fraction of sp³-hybridized carbons (Fsp3) is 0.300. The Bertz CT molecular complexity index is 290. The molecule has 12 heavy (non-hydrogen) atoms. The second kappa shape index (κ2) is 4.02. The van der Waals surface area contributed by atoms with E-state index in [1.165, 1.54) is 5.56 Å². The lowest BCUT2D eigenvalue weighted by Gasteiger charge is -2.02. The minimum absolute atomic E-state index is 0.588. The molecular weight excluding hydrogens is 148 g/mol. The van der Waals surface area contributed by atoms with Crippen LogP contribution >= 0.6 is 0 Å². The van der Waals surface area contributed by atoms with Gasteiger partial charge < -0.3 is 5.73 Å². The van der Waals surface area contributed by atoms with E-state index >= 15 is 0 Å². The molecule has 0 saturated carbocycles. The fourth-order valence-electron chi connectivity index (χ4n) is 1.10. The van der Waals surface area contributed by atoms with E-state index < -0.39 is 0 Å². The van der Waals surface area contributed by atoms with E-state index in [0.717, 1.165) is 11.1 Å². The number of rotatable bonds is 2. The normalized spacial score (nSPS) is 10.9. The Morgan fingerprint density at radius 2 is 2.25 bits per heavy atom. The van der Waals surface area contributed by atoms with Crippen LogP contribution in [0.25, 0.3) is 0 Å². The van der Waals surface area contributed by atoms with Crippen molar-refractivity contribution in [3.63, 3.8) is 0 Å². The van der Waals surface area contributed by atoms with Crippen molar-refractivity contribution in [3.8, 4) is 0 Å². The average Bonchev–Trinajstić information content (AvgIpc) is 2.09. The molecule has 0 bridgehead atoms. The van der Waals surface area contributed by atoms with Crippen molar-refractivity contribution in [2.24, 2.45) is 10.7 Å². The van der Waals surface area contributed by atoms with Gasteiger partial charge in [0.25, 0.3) is 0 Å². The highest BCUT2D eigenvalue weighted by Crippen LogP contribution is 2.08. The van der Waals surface area contributed by atoms with Crippen LogP contribution in [0.1, 0.15) is 16.7 Å². The molecule has 0 unspecified atom stereocenters. The fourth-order valence-corrected chi connectivity index (χ4v) is 1.10. The summed E-state index contributed by atoms with van der Waals surface area (Å²) in [6, 6.07) is 6.18. The number of nitrogens with zero attached hydrogens (tertiary/aromatic N) is 1. The van der Waals surface area contributed by atoms with Gasteiger partial charge in [-0.25, -0.2) is 0 Å². The first-order chi connectivity index (χ1) is 5.77. The number of hydrogen-bond acceptors (Lipinski definition) is 2. The largest absolute Gasteiger partial charge is 0.326 e. The molecular formula is C10H14N2. The van der Waals surface area contributed by atoms with Gasteiger partial charge in [-0.2, -0.15) is 0 Å². The van der Waals surface area contributed by atoms with Crippen molar-refractivity contribution in [1.29, 1.82) is 0 Å². The number of benzene rings is 1. The summed E-state index contributed by atoms with van der Waals surface area (Å²) in [6.07, 6.45) is 1.86. The van der Waals surface area contributed by atoms with Crippen LogP contribution in [0.5, 0.6) is 0 Å². The van der Waals surface area contributed by atoms with Crippen LogP contribution in [0.2, 0.25) is 0 Å². The smallest absolute Gasteiger partial charge is 0.0284 e. The maximum atomic E-state index is 5.52. The highest BCUT2D eigenvalue weighted by atomic mass is 14.6. The van der Waals surface area contributed by atoms with E-state index in [0.29, 0.717) is 6.54 Å². The van der Waals surface area contributed by atoms with Gasteiger partial charge in [0, 0.05) is 19.8 Å². The molecule has 0 saturated heterocycles. The van der Waals surface area contributed by atoms with Gasteiger partial charge in [-0.1, -0.05) is 12.1 Å². The van der Waals surface area contributed by atoms with Gasteiger partial charge in [0.2, 0.25) is 0 Å². The van der Waals surface area contributed by atoms with Gasteiger partial charge >= 0.3 is 0 Å². The zero-order valence-electron chi connectivity index (χ0n) is 7.54. The molecule has 1 aromatic carbocycles. The highest BCUT2D eigenvalue weighted by Gasteiger charge is 1.95. The quantitative estimate of drug-likeness (QED) is 0.657. The van der Waals surface area contributed by atoms with Crippen LogP contribution in [0.4, 0.5) is 0 Å². The Balaban J connectivity index is 3.08. The predicted molar refractivity (Wildman–Crippen MR) is 52.6 cm³/mol. The van der Waals surface area contributed by atoms with Crippen LogP contribution in [0.3, 0.4) is 0 Å². The predicted octanol–water partition coefficient (Wildman–Crippen LogP) is 1.50. The van der Waals surface area contributed by atoms with Crippen molar-refractivity contribution in [1.82, 2.24) is 0 Å². The summed E-state index contributed by atoms with van der Waals surface area (Å²) < 4.78 is 0. The first-order valence-electron chi connectivity index (χ1n) is 3.99. The zero-order valence-corrected chi connectivity index (χ0v) is 7.54. The van der Waals surface area contributed by atoms with Gasteiger partial charge in [0.15, 0.2) is 0 Å². The van der Waals surface area contributed by atoms with E-state index in [2.05, 4.69) is 24.0 Å². The first kappa shape index (κ1) is 8.94. The van der Waals surface area contributed by atoms with Crippen molar-refractivity contribution in [3.05, 3.63) is 34.9 Å². The van der Waals surface area contributed by atoms with Gasteiger partial charge in [0.05, 0.1) is 0 Å². The van der Waals surface area contributed by atoms with E-state index in [9.17, 15) is 0 Å². The van der Waals surface area contributed by atoms with Crippen LogP contribution in [0, 0.1) is 6.92 Å². The maximum Gasteiger partial charge on any atom is 0.0284 e. The molecule has 0 aliphatic heterocycles. The van der Waals surface area contributed by atoms with Gasteiger partial charge in [-0.15, -0.1) is 0 Å². The molecule has 0 spiro atoms. The monoisotopic (exact) mass is 162 g/mol. The molecule has 64 valence electrons. The minimum Gasteiger partial charge on any atom is -0.326 e. The molecule has 2 nitrogen and oxygen atoms in total. The van der Waals surface area contributed by atoms with E-state index in [1.807, 2.05) is 12.3 Å². The molecule has 0 aliphatic rings. The Morgan fingerprint density at radius 1 is 1.50 bits per heavy atom. The third kappa shape index (κ3) is 1.92. The zero-order chi connectivity index (χ0) is 8.97. The molecule has 0 aliphatic carbocycles. The van der Waals surface area contributed by atoms with Crippen LogP contribution in [-0.4, -0.2) is 13.3 Å². The molecule has 2 N–H and O–H groups in total. The molecule has 0 heterocycles. The van der Waals surface area contributed by atoms with E-state index in [1.54, 1.807) is 7.05 Å². The van der Waals surface area contributed by atoms with E-state index in [4.69, 9.17) is 5.73 Å². The lowest BCUT2D eigenvalue weighted by Crippen LogP contribution is -1.98. The first-order valence-corrected chi connectivity index (χ1v) is 3.99. The van der Waals surface area contributed by atoms with Crippen molar-refractivity contribution in [2.45, 2.75) is 13.5 Å². The summed E-state index contributed by atoms with van der Waals surface area (Å²) in [6.45, 7) is 2.65. The SMILES string of the molecule is CN=Cc1cc(CN)ccc1C. The van der Waals surface area contributed by atoms with Gasteiger partial charge in [0.1, 0.15) is 0 Å². The number of aliphatic imine (C=N–C) groups is 1.